The van der Waals surface area contributed by atoms with Gasteiger partial charge in [-0.1, -0.05) is 50.6 Å². The summed E-state index contributed by atoms with van der Waals surface area (Å²) in [4.78, 5) is 0. The van der Waals surface area contributed by atoms with Crippen molar-refractivity contribution in [2.75, 3.05) is 0 Å². The van der Waals surface area contributed by atoms with Crippen molar-refractivity contribution >= 4 is 0 Å². The van der Waals surface area contributed by atoms with E-state index in [0.29, 0.717) is 0 Å². The summed E-state index contributed by atoms with van der Waals surface area (Å²) in [7, 11) is 0. The van der Waals surface area contributed by atoms with E-state index in [2.05, 4.69) is 52.0 Å². The molecule has 0 spiro atoms. The summed E-state index contributed by atoms with van der Waals surface area (Å²) in [5.41, 5.74) is 2.71. The minimum atomic E-state index is -0.182. The van der Waals surface area contributed by atoms with Gasteiger partial charge in [-0.25, -0.2) is 0 Å². The van der Waals surface area contributed by atoms with Gasteiger partial charge in [0.15, 0.2) is 0 Å². The highest BCUT2D eigenvalue weighted by atomic mass is 16.3. The molecule has 1 nitrogen and oxygen atoms in total. The van der Waals surface area contributed by atoms with Crippen molar-refractivity contribution in [3.8, 4) is 0 Å². The lowest BCUT2D eigenvalue weighted by molar-refractivity contribution is 0.0450. The second kappa shape index (κ2) is 3.59. The molecule has 1 aromatic carbocycles. The summed E-state index contributed by atoms with van der Waals surface area (Å²) in [6.07, 6.45) is 1.81. The minimum Gasteiger partial charge on any atom is -0.393 e. The maximum Gasteiger partial charge on any atom is 0.0599 e. The van der Waals surface area contributed by atoms with Gasteiger partial charge in [-0.15, -0.1) is 0 Å². The Labute approximate surface area is 98.5 Å². The van der Waals surface area contributed by atoms with Gasteiger partial charge in [-0.3, -0.25) is 0 Å². The zero-order valence-corrected chi connectivity index (χ0v) is 10.7. The smallest absolute Gasteiger partial charge is 0.0599 e. The Hall–Kier alpha value is -0.820. The van der Waals surface area contributed by atoms with Crippen LogP contribution in [0.2, 0.25) is 0 Å². The van der Waals surface area contributed by atoms with E-state index in [1.165, 1.54) is 11.1 Å². The third kappa shape index (κ3) is 1.49. The van der Waals surface area contributed by atoms with E-state index in [1.54, 1.807) is 0 Å². The highest BCUT2D eigenvalue weighted by Gasteiger charge is 2.51. The molecule has 0 saturated heterocycles. The lowest BCUT2D eigenvalue weighted by atomic mass is 9.64. The molecule has 1 aromatic rings. The van der Waals surface area contributed by atoms with Gasteiger partial charge < -0.3 is 5.11 Å². The van der Waals surface area contributed by atoms with E-state index in [9.17, 15) is 5.11 Å². The average Bonchev–Trinajstić information content (AvgIpc) is 2.44. The van der Waals surface area contributed by atoms with Crippen LogP contribution >= 0.6 is 0 Å². The maximum atomic E-state index is 10.1. The Morgan fingerprint density at radius 2 is 1.69 bits per heavy atom. The molecule has 0 aliphatic heterocycles. The van der Waals surface area contributed by atoms with Crippen LogP contribution < -0.4 is 0 Å². The molecule has 0 unspecified atom stereocenters. The fraction of sp³-hybridized carbons (Fsp3) is 0.600. The van der Waals surface area contributed by atoms with Crippen molar-refractivity contribution in [3.05, 3.63) is 35.4 Å². The molecule has 2 rings (SSSR count). The first-order valence-corrected chi connectivity index (χ1v) is 6.13. The van der Waals surface area contributed by atoms with Crippen LogP contribution in [0.25, 0.3) is 0 Å². The van der Waals surface area contributed by atoms with Crippen LogP contribution in [0.1, 0.15) is 44.7 Å². The van der Waals surface area contributed by atoms with E-state index in [4.69, 9.17) is 0 Å². The van der Waals surface area contributed by atoms with Crippen LogP contribution in [0.3, 0.4) is 0 Å². The van der Waals surface area contributed by atoms with Gasteiger partial charge in [0.05, 0.1) is 6.10 Å². The van der Waals surface area contributed by atoms with Gasteiger partial charge in [-0.05, 0) is 25.3 Å². The van der Waals surface area contributed by atoms with E-state index >= 15 is 0 Å². The molecule has 2 atom stereocenters. The number of rotatable bonds is 1. The predicted molar refractivity (Wildman–Crippen MR) is 67.6 cm³/mol. The molecule has 1 saturated carbocycles. The second-order valence-corrected chi connectivity index (χ2v) is 5.97. The summed E-state index contributed by atoms with van der Waals surface area (Å²) < 4.78 is 0. The Morgan fingerprint density at radius 1 is 1.12 bits per heavy atom. The van der Waals surface area contributed by atoms with Crippen molar-refractivity contribution in [3.63, 3.8) is 0 Å². The lowest BCUT2D eigenvalue weighted by Crippen LogP contribution is -2.40. The van der Waals surface area contributed by atoms with Crippen molar-refractivity contribution in [1.29, 1.82) is 0 Å². The number of aryl methyl sites for hydroxylation is 1. The molecule has 0 heterocycles. The standard InChI is InChI=1S/C15H22O/c1-11-5-7-12(8-6-11)15(4)10-9-13(16)14(15,2)3/h5-8,13,16H,9-10H2,1-4H3/t13-,15+/m0/s1. The molecule has 1 aliphatic rings. The molecule has 1 N–H and O–H groups in total. The van der Waals surface area contributed by atoms with Crippen molar-refractivity contribution in [1.82, 2.24) is 0 Å². The molecular weight excluding hydrogens is 196 g/mol. The fourth-order valence-electron chi connectivity index (χ4n) is 2.91. The zero-order chi connectivity index (χ0) is 12.0. The van der Waals surface area contributed by atoms with Gasteiger partial charge in [0, 0.05) is 10.8 Å². The summed E-state index contributed by atoms with van der Waals surface area (Å²) in [6.45, 7) is 8.77. The highest BCUT2D eigenvalue weighted by Crippen LogP contribution is 2.53. The number of benzene rings is 1. The largest absolute Gasteiger partial charge is 0.393 e. The zero-order valence-electron chi connectivity index (χ0n) is 10.7. The summed E-state index contributed by atoms with van der Waals surface area (Å²) in [5, 5.41) is 10.1. The molecule has 0 bridgehead atoms. The quantitative estimate of drug-likeness (QED) is 0.765. The first-order chi connectivity index (χ1) is 7.38. The van der Waals surface area contributed by atoms with Crippen LogP contribution in [0, 0.1) is 12.3 Å². The molecular formula is C15H22O. The van der Waals surface area contributed by atoms with Gasteiger partial charge in [-0.2, -0.15) is 0 Å². The van der Waals surface area contributed by atoms with Crippen molar-refractivity contribution in [2.24, 2.45) is 5.41 Å². The van der Waals surface area contributed by atoms with Crippen LogP contribution in [0.4, 0.5) is 0 Å². The third-order valence-electron chi connectivity index (χ3n) is 4.86. The first kappa shape index (κ1) is 11.7. The molecule has 0 radical (unpaired) electrons. The Kier molecular flexibility index (Phi) is 2.62. The van der Waals surface area contributed by atoms with E-state index < -0.39 is 0 Å². The molecule has 88 valence electrons. The van der Waals surface area contributed by atoms with Gasteiger partial charge in [0.2, 0.25) is 0 Å². The molecule has 0 aromatic heterocycles. The molecule has 1 aliphatic carbocycles. The normalized spacial score (nSPS) is 32.9. The minimum absolute atomic E-state index is 0.0394. The lowest BCUT2D eigenvalue weighted by Gasteiger charge is -2.40. The third-order valence-corrected chi connectivity index (χ3v) is 4.86. The Morgan fingerprint density at radius 3 is 2.12 bits per heavy atom. The molecule has 0 amide bonds. The SMILES string of the molecule is Cc1ccc([C@@]2(C)CC[C@H](O)C2(C)C)cc1. The predicted octanol–water partition coefficient (Wildman–Crippen LogP) is 3.43. The van der Waals surface area contributed by atoms with Gasteiger partial charge >= 0.3 is 0 Å². The molecule has 1 fully saturated rings. The summed E-state index contributed by atoms with van der Waals surface area (Å²) in [5.74, 6) is 0. The van der Waals surface area contributed by atoms with Crippen LogP contribution in [0.15, 0.2) is 24.3 Å². The second-order valence-electron chi connectivity index (χ2n) is 5.97. The number of hydrogen-bond donors (Lipinski definition) is 1. The Bertz CT molecular complexity index is 377. The number of aliphatic hydroxyl groups is 1. The number of hydrogen-bond acceptors (Lipinski definition) is 1. The first-order valence-electron chi connectivity index (χ1n) is 6.13. The average molecular weight is 218 g/mol. The maximum absolute atomic E-state index is 10.1. The summed E-state index contributed by atoms with van der Waals surface area (Å²) in [6, 6.07) is 8.77. The molecule has 16 heavy (non-hydrogen) atoms. The topological polar surface area (TPSA) is 20.2 Å². The highest BCUT2D eigenvalue weighted by molar-refractivity contribution is 5.32. The van der Waals surface area contributed by atoms with E-state index in [-0.39, 0.29) is 16.9 Å². The van der Waals surface area contributed by atoms with Gasteiger partial charge in [0.25, 0.3) is 0 Å². The Balaban J connectivity index is 2.43. The van der Waals surface area contributed by atoms with Crippen LogP contribution in [-0.4, -0.2) is 11.2 Å². The molecule has 1 heteroatoms. The van der Waals surface area contributed by atoms with Crippen LogP contribution in [-0.2, 0) is 5.41 Å². The van der Waals surface area contributed by atoms with Crippen molar-refractivity contribution < 1.29 is 5.11 Å². The fourth-order valence-corrected chi connectivity index (χ4v) is 2.91. The summed E-state index contributed by atoms with van der Waals surface area (Å²) >= 11 is 0. The van der Waals surface area contributed by atoms with E-state index in [1.807, 2.05) is 0 Å². The van der Waals surface area contributed by atoms with Gasteiger partial charge in [0.1, 0.15) is 0 Å². The van der Waals surface area contributed by atoms with E-state index in [0.717, 1.165) is 12.8 Å². The van der Waals surface area contributed by atoms with Crippen LogP contribution in [0.5, 0.6) is 0 Å². The number of aliphatic hydroxyl groups excluding tert-OH is 1. The monoisotopic (exact) mass is 218 g/mol. The van der Waals surface area contributed by atoms with Crippen molar-refractivity contribution in [2.45, 2.75) is 52.1 Å².